The first kappa shape index (κ1) is 13.3. The molecule has 3 heterocycles. The second-order valence-corrected chi connectivity index (χ2v) is 5.61. The highest BCUT2D eigenvalue weighted by Crippen LogP contribution is 2.44. The van der Waals surface area contributed by atoms with Crippen molar-refractivity contribution < 1.29 is 9.84 Å². The summed E-state index contributed by atoms with van der Waals surface area (Å²) in [5.41, 5.74) is 6.93. The van der Waals surface area contributed by atoms with Gasteiger partial charge < -0.3 is 15.6 Å². The van der Waals surface area contributed by atoms with E-state index < -0.39 is 11.7 Å². The number of aliphatic hydroxyl groups excluding tert-OH is 1. The minimum absolute atomic E-state index is 0.0262. The molecule has 0 aliphatic carbocycles. The molecule has 2 aromatic heterocycles. The van der Waals surface area contributed by atoms with Gasteiger partial charge >= 0.3 is 0 Å². The van der Waals surface area contributed by atoms with Crippen molar-refractivity contribution in [2.24, 2.45) is 5.92 Å². The molecular weight excluding hydrogens is 256 g/mol. The normalized spacial score (nSPS) is 33.9. The lowest BCUT2D eigenvalue weighted by molar-refractivity contribution is -0.0572. The van der Waals surface area contributed by atoms with Crippen LogP contribution in [-0.4, -0.2) is 31.9 Å². The van der Waals surface area contributed by atoms with E-state index in [0.717, 1.165) is 17.6 Å². The molecule has 0 bridgehead atoms. The van der Waals surface area contributed by atoms with Gasteiger partial charge in [-0.05, 0) is 25.5 Å². The van der Waals surface area contributed by atoms with Crippen molar-refractivity contribution in [1.29, 1.82) is 0 Å². The van der Waals surface area contributed by atoms with Crippen molar-refractivity contribution >= 4 is 11.3 Å². The van der Waals surface area contributed by atoms with Gasteiger partial charge in [-0.25, -0.2) is 9.50 Å². The minimum atomic E-state index is -0.590. The number of nitrogens with two attached hydrogens (primary N) is 1. The van der Waals surface area contributed by atoms with E-state index in [1.54, 1.807) is 4.52 Å². The standard InChI is InChI=1S/C14H20N4O2/c1-4-10-12(19)8(2)14(3,20-10)11-6-5-9-13(15)16-7-17-18(9)11/h5-8,10,12,19H,4H2,1-3H3,(H2,15,16,17)/t8-,10-,12+,14-/m1/s1. The van der Waals surface area contributed by atoms with E-state index >= 15 is 0 Å². The Balaban J connectivity index is 2.13. The van der Waals surface area contributed by atoms with Gasteiger partial charge in [0.05, 0.1) is 17.9 Å². The van der Waals surface area contributed by atoms with Crippen molar-refractivity contribution in [3.63, 3.8) is 0 Å². The van der Waals surface area contributed by atoms with Gasteiger partial charge in [-0.2, -0.15) is 5.10 Å². The van der Waals surface area contributed by atoms with Crippen LogP contribution in [-0.2, 0) is 10.3 Å². The first-order chi connectivity index (χ1) is 9.49. The van der Waals surface area contributed by atoms with Gasteiger partial charge in [-0.15, -0.1) is 0 Å². The average molecular weight is 276 g/mol. The van der Waals surface area contributed by atoms with Crippen LogP contribution >= 0.6 is 0 Å². The van der Waals surface area contributed by atoms with Crippen LogP contribution in [0.1, 0.15) is 32.9 Å². The van der Waals surface area contributed by atoms with Crippen LogP contribution in [0, 0.1) is 5.92 Å². The molecule has 0 radical (unpaired) electrons. The number of nitrogens with zero attached hydrogens (tertiary/aromatic N) is 3. The number of aliphatic hydroxyl groups is 1. The summed E-state index contributed by atoms with van der Waals surface area (Å²) in [6, 6.07) is 3.83. The maximum Gasteiger partial charge on any atom is 0.151 e. The third kappa shape index (κ3) is 1.65. The van der Waals surface area contributed by atoms with Gasteiger partial charge in [-0.1, -0.05) is 13.8 Å². The number of rotatable bonds is 2. The van der Waals surface area contributed by atoms with Crippen LogP contribution in [0.4, 0.5) is 5.82 Å². The van der Waals surface area contributed by atoms with Crippen LogP contribution in [0.3, 0.4) is 0 Å². The van der Waals surface area contributed by atoms with Gasteiger partial charge in [0.1, 0.15) is 17.4 Å². The molecule has 0 unspecified atom stereocenters. The molecule has 1 aliphatic rings. The zero-order chi connectivity index (χ0) is 14.5. The maximum absolute atomic E-state index is 10.3. The van der Waals surface area contributed by atoms with Crippen molar-refractivity contribution in [2.75, 3.05) is 5.73 Å². The van der Waals surface area contributed by atoms with Crippen molar-refractivity contribution in [3.05, 3.63) is 24.2 Å². The molecule has 0 saturated carbocycles. The van der Waals surface area contributed by atoms with Gasteiger partial charge in [0.15, 0.2) is 5.82 Å². The van der Waals surface area contributed by atoms with Gasteiger partial charge in [0, 0.05) is 5.92 Å². The minimum Gasteiger partial charge on any atom is -0.390 e. The largest absolute Gasteiger partial charge is 0.390 e. The summed E-state index contributed by atoms with van der Waals surface area (Å²) >= 11 is 0. The van der Waals surface area contributed by atoms with Crippen LogP contribution in [0.5, 0.6) is 0 Å². The average Bonchev–Trinajstić information content (AvgIpc) is 2.96. The van der Waals surface area contributed by atoms with Crippen LogP contribution in [0.15, 0.2) is 18.5 Å². The highest BCUT2D eigenvalue weighted by molar-refractivity contribution is 5.65. The summed E-state index contributed by atoms with van der Waals surface area (Å²) in [4.78, 5) is 3.99. The third-order valence-corrected chi connectivity index (χ3v) is 4.55. The smallest absolute Gasteiger partial charge is 0.151 e. The van der Waals surface area contributed by atoms with E-state index in [2.05, 4.69) is 10.1 Å². The van der Waals surface area contributed by atoms with Crippen LogP contribution in [0.2, 0.25) is 0 Å². The van der Waals surface area contributed by atoms with Gasteiger partial charge in [0.25, 0.3) is 0 Å². The first-order valence-corrected chi connectivity index (χ1v) is 6.93. The quantitative estimate of drug-likeness (QED) is 0.864. The summed E-state index contributed by atoms with van der Waals surface area (Å²) in [7, 11) is 0. The van der Waals surface area contributed by atoms with E-state index in [0.29, 0.717) is 5.82 Å². The Bertz CT molecular complexity index is 641. The van der Waals surface area contributed by atoms with E-state index in [4.69, 9.17) is 10.5 Å². The monoisotopic (exact) mass is 276 g/mol. The number of nitrogen functional groups attached to an aromatic ring is 1. The summed E-state index contributed by atoms with van der Waals surface area (Å²) in [5.74, 6) is 0.412. The Morgan fingerprint density at radius 2 is 2.25 bits per heavy atom. The fraction of sp³-hybridized carbons (Fsp3) is 0.571. The molecule has 6 nitrogen and oxygen atoms in total. The molecule has 1 fully saturated rings. The maximum atomic E-state index is 10.3. The van der Waals surface area contributed by atoms with E-state index in [1.165, 1.54) is 6.33 Å². The molecule has 0 spiro atoms. The molecule has 2 aromatic rings. The predicted octanol–water partition coefficient (Wildman–Crippen LogP) is 1.33. The van der Waals surface area contributed by atoms with Gasteiger partial charge in [-0.3, -0.25) is 0 Å². The van der Waals surface area contributed by atoms with Crippen LogP contribution < -0.4 is 5.73 Å². The molecular formula is C14H20N4O2. The first-order valence-electron chi connectivity index (χ1n) is 6.93. The second-order valence-electron chi connectivity index (χ2n) is 5.61. The Morgan fingerprint density at radius 3 is 2.90 bits per heavy atom. The Kier molecular flexibility index (Phi) is 2.95. The number of ether oxygens (including phenoxy) is 1. The molecule has 1 saturated heterocycles. The molecule has 1 aliphatic heterocycles. The van der Waals surface area contributed by atoms with E-state index in [9.17, 15) is 5.11 Å². The number of hydrogen-bond donors (Lipinski definition) is 2. The zero-order valence-corrected chi connectivity index (χ0v) is 11.9. The summed E-state index contributed by atoms with van der Waals surface area (Å²) < 4.78 is 7.90. The lowest BCUT2D eigenvalue weighted by Crippen LogP contribution is -2.32. The van der Waals surface area contributed by atoms with Crippen molar-refractivity contribution in [3.8, 4) is 0 Å². The van der Waals surface area contributed by atoms with Crippen molar-refractivity contribution in [1.82, 2.24) is 14.6 Å². The zero-order valence-electron chi connectivity index (χ0n) is 11.9. The Labute approximate surface area is 117 Å². The lowest BCUT2D eigenvalue weighted by Gasteiger charge is -2.28. The topological polar surface area (TPSA) is 85.7 Å². The molecule has 20 heavy (non-hydrogen) atoms. The summed E-state index contributed by atoms with van der Waals surface area (Å²) in [5, 5.41) is 14.6. The third-order valence-electron chi connectivity index (χ3n) is 4.55. The van der Waals surface area contributed by atoms with Gasteiger partial charge in [0.2, 0.25) is 0 Å². The van der Waals surface area contributed by atoms with Crippen molar-refractivity contribution in [2.45, 2.75) is 45.0 Å². The summed E-state index contributed by atoms with van der Waals surface area (Å²) in [6.07, 6.45) is 1.58. The molecule has 108 valence electrons. The molecule has 0 amide bonds. The summed E-state index contributed by atoms with van der Waals surface area (Å²) in [6.45, 7) is 6.02. The SMILES string of the molecule is CC[C@H]1O[C@@](C)(c2ccc3c(N)ncnn23)[C@H](C)[C@@H]1O. The van der Waals surface area contributed by atoms with E-state index in [1.807, 2.05) is 32.9 Å². The number of aromatic nitrogens is 3. The second kappa shape index (κ2) is 4.43. The highest BCUT2D eigenvalue weighted by atomic mass is 16.5. The number of hydrogen-bond acceptors (Lipinski definition) is 5. The Morgan fingerprint density at radius 1 is 1.50 bits per heavy atom. The molecule has 3 rings (SSSR count). The fourth-order valence-corrected chi connectivity index (χ4v) is 3.09. The number of anilines is 1. The Hall–Kier alpha value is -1.66. The highest BCUT2D eigenvalue weighted by Gasteiger charge is 2.50. The lowest BCUT2D eigenvalue weighted by atomic mass is 9.85. The molecule has 0 aromatic carbocycles. The number of fused-ring (bicyclic) bond motifs is 1. The van der Waals surface area contributed by atoms with E-state index in [-0.39, 0.29) is 12.0 Å². The molecule has 6 heteroatoms. The predicted molar refractivity (Wildman–Crippen MR) is 75.1 cm³/mol. The van der Waals surface area contributed by atoms with Crippen LogP contribution in [0.25, 0.3) is 5.52 Å². The molecule has 4 atom stereocenters. The molecule has 3 N–H and O–H groups in total. The fourth-order valence-electron chi connectivity index (χ4n) is 3.09.